The van der Waals surface area contributed by atoms with E-state index < -0.39 is 10.0 Å². The highest BCUT2D eigenvalue weighted by atomic mass is 35.5. The fourth-order valence-electron chi connectivity index (χ4n) is 4.18. The monoisotopic (exact) mass is 550 g/mol. The number of methoxy groups -OCH3 is 1. The van der Waals surface area contributed by atoms with Gasteiger partial charge in [-0.15, -0.1) is 0 Å². The number of carbonyl (C=O) groups is 1. The summed E-state index contributed by atoms with van der Waals surface area (Å²) in [6, 6.07) is 9.12. The molecule has 3 rings (SSSR count). The summed E-state index contributed by atoms with van der Waals surface area (Å²) >= 11 is 6.49. The van der Waals surface area contributed by atoms with E-state index in [1.165, 1.54) is 16.3 Å². The van der Waals surface area contributed by atoms with Crippen molar-refractivity contribution in [3.63, 3.8) is 0 Å². The third-order valence-corrected chi connectivity index (χ3v) is 8.83. The van der Waals surface area contributed by atoms with Gasteiger partial charge < -0.3 is 19.3 Å². The summed E-state index contributed by atoms with van der Waals surface area (Å²) in [4.78, 5) is 21.0. The Morgan fingerprint density at radius 2 is 1.84 bits per heavy atom. The third-order valence-electron chi connectivity index (χ3n) is 6.32. The minimum Gasteiger partial charge on any atom is -0.497 e. The average molecular weight is 551 g/mol. The van der Waals surface area contributed by atoms with Crippen molar-refractivity contribution in [3.05, 3.63) is 57.6 Å². The molecule has 1 amide bonds. The van der Waals surface area contributed by atoms with E-state index in [0.29, 0.717) is 28.4 Å². The van der Waals surface area contributed by atoms with Crippen LogP contribution < -0.4 is 4.74 Å². The van der Waals surface area contributed by atoms with Gasteiger partial charge in [0.1, 0.15) is 18.2 Å². The SMILES string of the molecule is COc1cc(C)c(S(=O)(=O)N(C)CCOCC(=O)N(C)Cc2ccc(C3=NCCN3C)cc2Cl)c(C)c1. The molecule has 1 heterocycles. The fraction of sp³-hybridized carbons (Fsp3) is 0.462. The molecule has 0 fully saturated rings. The number of sulfonamides is 1. The van der Waals surface area contributed by atoms with Crippen LogP contribution in [0, 0.1) is 13.8 Å². The Bertz CT molecular complexity index is 1260. The number of ether oxygens (including phenoxy) is 2. The first-order valence-electron chi connectivity index (χ1n) is 11.9. The van der Waals surface area contributed by atoms with Gasteiger partial charge in [-0.1, -0.05) is 23.7 Å². The van der Waals surface area contributed by atoms with Crippen LogP contribution >= 0.6 is 11.6 Å². The predicted molar refractivity (Wildman–Crippen MR) is 145 cm³/mol. The fourth-order valence-corrected chi connectivity index (χ4v) is 5.98. The summed E-state index contributed by atoms with van der Waals surface area (Å²) in [6.07, 6.45) is 0. The summed E-state index contributed by atoms with van der Waals surface area (Å²) in [7, 11) is 2.99. The van der Waals surface area contributed by atoms with Gasteiger partial charge in [0.2, 0.25) is 15.9 Å². The summed E-state index contributed by atoms with van der Waals surface area (Å²) in [5, 5.41) is 0.567. The molecule has 0 atom stereocenters. The van der Waals surface area contributed by atoms with E-state index in [1.54, 1.807) is 40.1 Å². The number of nitrogens with zero attached hydrogens (tertiary/aromatic N) is 4. The van der Waals surface area contributed by atoms with Crippen molar-refractivity contribution in [1.82, 2.24) is 14.1 Å². The lowest BCUT2D eigenvalue weighted by molar-refractivity contribution is -0.135. The van der Waals surface area contributed by atoms with Crippen molar-refractivity contribution in [1.29, 1.82) is 0 Å². The highest BCUT2D eigenvalue weighted by Gasteiger charge is 2.25. The van der Waals surface area contributed by atoms with Gasteiger partial charge in [-0.3, -0.25) is 9.79 Å². The van der Waals surface area contributed by atoms with Crippen LogP contribution in [-0.2, 0) is 26.1 Å². The molecule has 0 spiro atoms. The summed E-state index contributed by atoms with van der Waals surface area (Å²) in [6.45, 7) is 5.48. The molecule has 2 aromatic carbocycles. The summed E-state index contributed by atoms with van der Waals surface area (Å²) < 4.78 is 38.2. The molecule has 37 heavy (non-hydrogen) atoms. The molecule has 0 aromatic heterocycles. The lowest BCUT2D eigenvalue weighted by atomic mass is 10.1. The smallest absolute Gasteiger partial charge is 0.248 e. The van der Waals surface area contributed by atoms with E-state index in [2.05, 4.69) is 9.89 Å². The number of likely N-dealkylation sites (N-methyl/N-ethyl adjacent to an activating group) is 3. The number of hydrogen-bond donors (Lipinski definition) is 0. The number of amides is 1. The van der Waals surface area contributed by atoms with Crippen molar-refractivity contribution < 1.29 is 22.7 Å². The van der Waals surface area contributed by atoms with E-state index in [9.17, 15) is 13.2 Å². The largest absolute Gasteiger partial charge is 0.497 e. The van der Waals surface area contributed by atoms with Gasteiger partial charge in [0.15, 0.2) is 0 Å². The number of halogens is 1. The zero-order valence-corrected chi connectivity index (χ0v) is 23.8. The molecular formula is C26H35ClN4O5S. The van der Waals surface area contributed by atoms with Crippen LogP contribution in [0.4, 0.5) is 0 Å². The van der Waals surface area contributed by atoms with Gasteiger partial charge in [0.25, 0.3) is 0 Å². The van der Waals surface area contributed by atoms with Crippen molar-refractivity contribution in [2.75, 3.05) is 61.1 Å². The molecule has 1 aliphatic heterocycles. The molecule has 11 heteroatoms. The van der Waals surface area contributed by atoms with E-state index >= 15 is 0 Å². The van der Waals surface area contributed by atoms with Gasteiger partial charge in [-0.05, 0) is 48.7 Å². The Kier molecular flexibility index (Phi) is 9.57. The highest BCUT2D eigenvalue weighted by molar-refractivity contribution is 7.89. The minimum absolute atomic E-state index is 0.0780. The maximum Gasteiger partial charge on any atom is 0.248 e. The number of rotatable bonds is 11. The number of benzene rings is 2. The first-order valence-corrected chi connectivity index (χ1v) is 13.7. The molecule has 0 bridgehead atoms. The second-order valence-corrected chi connectivity index (χ2v) is 11.5. The van der Waals surface area contributed by atoms with Crippen molar-refractivity contribution in [2.45, 2.75) is 25.3 Å². The molecule has 202 valence electrons. The number of aliphatic imine (C=N–C) groups is 1. The quantitative estimate of drug-likeness (QED) is 0.399. The summed E-state index contributed by atoms with van der Waals surface area (Å²) in [5.41, 5.74) is 2.98. The normalized spacial score (nSPS) is 13.7. The van der Waals surface area contributed by atoms with E-state index in [4.69, 9.17) is 21.1 Å². The van der Waals surface area contributed by atoms with Crippen molar-refractivity contribution in [3.8, 4) is 5.75 Å². The van der Waals surface area contributed by atoms with E-state index in [1.807, 2.05) is 25.2 Å². The van der Waals surface area contributed by atoms with E-state index in [0.717, 1.165) is 30.1 Å². The molecule has 1 aliphatic rings. The standard InChI is InChI=1S/C26H35ClN4O5S/c1-18-13-22(35-6)14-19(2)25(18)37(33,34)31(5)11-12-36-17-24(32)30(4)16-21-8-7-20(15-23(21)27)26-28-9-10-29(26)3/h7-8,13-15H,9-12,16-17H2,1-6H3. The molecular weight excluding hydrogens is 516 g/mol. The van der Waals surface area contributed by atoms with Crippen LogP contribution in [0.5, 0.6) is 5.75 Å². The molecule has 0 unspecified atom stereocenters. The molecule has 0 saturated carbocycles. The molecule has 9 nitrogen and oxygen atoms in total. The van der Waals surface area contributed by atoms with Crippen LogP contribution in [0.2, 0.25) is 5.02 Å². The maximum absolute atomic E-state index is 13.1. The van der Waals surface area contributed by atoms with Crippen LogP contribution in [0.1, 0.15) is 22.3 Å². The molecule has 0 N–H and O–H groups in total. The number of aryl methyl sites for hydroxylation is 2. The van der Waals surface area contributed by atoms with Crippen molar-refractivity contribution in [2.24, 2.45) is 4.99 Å². The molecule has 0 radical (unpaired) electrons. The lowest BCUT2D eigenvalue weighted by Gasteiger charge is -2.21. The number of hydrogen-bond acceptors (Lipinski definition) is 7. The Hall–Kier alpha value is -2.66. The second kappa shape index (κ2) is 12.3. The Morgan fingerprint density at radius 1 is 1.16 bits per heavy atom. The zero-order chi connectivity index (χ0) is 27.3. The Labute approximate surface area is 224 Å². The van der Waals surface area contributed by atoms with Gasteiger partial charge >= 0.3 is 0 Å². The zero-order valence-electron chi connectivity index (χ0n) is 22.2. The molecule has 0 aliphatic carbocycles. The van der Waals surface area contributed by atoms with Gasteiger partial charge in [0, 0.05) is 51.4 Å². The third kappa shape index (κ3) is 6.81. The Balaban J connectivity index is 1.51. The lowest BCUT2D eigenvalue weighted by Crippen LogP contribution is -2.33. The highest BCUT2D eigenvalue weighted by Crippen LogP contribution is 2.27. The number of amidine groups is 1. The Morgan fingerprint density at radius 3 is 2.41 bits per heavy atom. The van der Waals surface area contributed by atoms with Crippen LogP contribution in [0.15, 0.2) is 40.2 Å². The van der Waals surface area contributed by atoms with Crippen LogP contribution in [-0.4, -0.2) is 95.4 Å². The van der Waals surface area contributed by atoms with Crippen LogP contribution in [0.3, 0.4) is 0 Å². The van der Waals surface area contributed by atoms with Gasteiger partial charge in [0.05, 0.1) is 25.2 Å². The second-order valence-electron chi connectivity index (χ2n) is 9.15. The average Bonchev–Trinajstić information content (AvgIpc) is 3.27. The number of carbonyl (C=O) groups excluding carboxylic acids is 1. The first kappa shape index (κ1) is 28.9. The maximum atomic E-state index is 13.1. The van der Waals surface area contributed by atoms with Crippen molar-refractivity contribution >= 4 is 33.4 Å². The van der Waals surface area contributed by atoms with Gasteiger partial charge in [-0.25, -0.2) is 8.42 Å². The topological polar surface area (TPSA) is 91.7 Å². The minimum atomic E-state index is -3.72. The summed E-state index contributed by atoms with van der Waals surface area (Å²) in [5.74, 6) is 1.29. The first-order chi connectivity index (χ1) is 17.4. The molecule has 2 aromatic rings. The van der Waals surface area contributed by atoms with Gasteiger partial charge in [-0.2, -0.15) is 4.31 Å². The molecule has 0 saturated heterocycles. The van der Waals surface area contributed by atoms with Crippen LogP contribution in [0.25, 0.3) is 0 Å². The van der Waals surface area contributed by atoms with E-state index in [-0.39, 0.29) is 30.6 Å². The predicted octanol–water partition coefficient (Wildman–Crippen LogP) is 2.95.